The quantitative estimate of drug-likeness (QED) is 0.598. The number of halogens is 2. The topological polar surface area (TPSA) is 80.5 Å². The lowest BCUT2D eigenvalue weighted by Gasteiger charge is -2.16. The maximum absolute atomic E-state index is 13.6. The fourth-order valence-corrected chi connectivity index (χ4v) is 3.36. The van der Waals surface area contributed by atoms with Crippen molar-refractivity contribution in [3.63, 3.8) is 0 Å². The number of carbonyl (C=O) groups is 2. The molecule has 112 valence electrons. The summed E-state index contributed by atoms with van der Waals surface area (Å²) in [6.07, 6.45) is 0.0963. The van der Waals surface area contributed by atoms with Crippen LogP contribution in [0.1, 0.15) is 13.3 Å². The summed E-state index contributed by atoms with van der Waals surface area (Å²) in [5.74, 6) is -1.05. The van der Waals surface area contributed by atoms with Crippen molar-refractivity contribution in [2.24, 2.45) is 0 Å². The van der Waals surface area contributed by atoms with E-state index in [0.29, 0.717) is 0 Å². The number of nitro groups is 1. The van der Waals surface area contributed by atoms with Crippen LogP contribution >= 0.6 is 27.7 Å². The molecule has 0 radical (unpaired) electrons. The van der Waals surface area contributed by atoms with Gasteiger partial charge in [0.05, 0.1) is 9.40 Å². The van der Waals surface area contributed by atoms with E-state index in [1.165, 1.54) is 6.92 Å². The summed E-state index contributed by atoms with van der Waals surface area (Å²) in [4.78, 5) is 34.6. The van der Waals surface area contributed by atoms with E-state index in [1.54, 1.807) is 0 Å². The highest BCUT2D eigenvalue weighted by molar-refractivity contribution is 9.10. The highest BCUT2D eigenvalue weighted by Gasteiger charge is 2.35. The van der Waals surface area contributed by atoms with Crippen LogP contribution in [-0.4, -0.2) is 27.7 Å². The Morgan fingerprint density at radius 3 is 2.81 bits per heavy atom. The van der Waals surface area contributed by atoms with Gasteiger partial charge in [0.2, 0.25) is 5.91 Å². The molecule has 0 spiro atoms. The Balaban J connectivity index is 2.37. The number of benzene rings is 1. The minimum Gasteiger partial charge on any atom is -0.305 e. The average Bonchev–Trinajstić information content (AvgIpc) is 2.71. The lowest BCUT2D eigenvalue weighted by atomic mass is 10.2. The van der Waals surface area contributed by atoms with Crippen molar-refractivity contribution < 1.29 is 18.9 Å². The molecule has 1 aliphatic heterocycles. The number of amides is 1. The molecule has 1 aliphatic rings. The van der Waals surface area contributed by atoms with Gasteiger partial charge in [-0.2, -0.15) is 0 Å². The molecule has 1 heterocycles. The molecule has 0 N–H and O–H groups in total. The zero-order chi connectivity index (χ0) is 15.7. The summed E-state index contributed by atoms with van der Waals surface area (Å²) < 4.78 is 13.6. The molecule has 1 unspecified atom stereocenters. The first-order valence-electron chi connectivity index (χ1n) is 5.90. The van der Waals surface area contributed by atoms with E-state index in [-0.39, 0.29) is 45.1 Å². The molecule has 0 aromatic heterocycles. The molecule has 0 saturated carbocycles. The van der Waals surface area contributed by atoms with Crippen LogP contribution in [0.15, 0.2) is 16.6 Å². The standard InChI is InChI=1S/C12H10BrFN2O4S/c1-6(17)21-7-2-12(18)15(5-7)10-4-9(14)8(13)3-11(10)16(19)20/h3-4,7H,2,5H2,1H3. The van der Waals surface area contributed by atoms with Gasteiger partial charge in [-0.1, -0.05) is 11.8 Å². The average molecular weight is 377 g/mol. The van der Waals surface area contributed by atoms with Gasteiger partial charge in [-0.25, -0.2) is 4.39 Å². The third kappa shape index (κ3) is 3.41. The molecule has 6 nitrogen and oxygen atoms in total. The van der Waals surface area contributed by atoms with Crippen LogP contribution in [0.2, 0.25) is 0 Å². The first-order chi connectivity index (χ1) is 9.79. The van der Waals surface area contributed by atoms with Crippen molar-refractivity contribution in [3.8, 4) is 0 Å². The Morgan fingerprint density at radius 1 is 1.57 bits per heavy atom. The minimum atomic E-state index is -0.689. The molecule has 1 atom stereocenters. The summed E-state index contributed by atoms with van der Waals surface area (Å²) in [5, 5.41) is 10.7. The van der Waals surface area contributed by atoms with E-state index in [0.717, 1.165) is 28.8 Å². The monoisotopic (exact) mass is 376 g/mol. The summed E-state index contributed by atoms with van der Waals surface area (Å²) in [6, 6.07) is 1.99. The fraction of sp³-hybridized carbons (Fsp3) is 0.333. The zero-order valence-electron chi connectivity index (χ0n) is 10.8. The van der Waals surface area contributed by atoms with Crippen molar-refractivity contribution in [1.29, 1.82) is 0 Å². The molecule has 1 amide bonds. The Morgan fingerprint density at radius 2 is 2.24 bits per heavy atom. The van der Waals surface area contributed by atoms with Crippen LogP contribution in [0.4, 0.5) is 15.8 Å². The molecule has 1 aromatic carbocycles. The van der Waals surface area contributed by atoms with Gasteiger partial charge < -0.3 is 4.90 Å². The SMILES string of the molecule is CC(=O)SC1CC(=O)N(c2cc(F)c(Br)cc2[N+](=O)[O-])C1. The molecular formula is C12H10BrFN2O4S. The number of anilines is 1. The van der Waals surface area contributed by atoms with Crippen LogP contribution in [0, 0.1) is 15.9 Å². The first kappa shape index (κ1) is 15.9. The van der Waals surface area contributed by atoms with E-state index >= 15 is 0 Å². The lowest BCUT2D eigenvalue weighted by Crippen LogP contribution is -2.26. The van der Waals surface area contributed by atoms with Gasteiger partial charge in [0.15, 0.2) is 5.12 Å². The predicted octanol–water partition coefficient (Wildman–Crippen LogP) is 2.88. The van der Waals surface area contributed by atoms with Crippen LogP contribution in [-0.2, 0) is 9.59 Å². The van der Waals surface area contributed by atoms with Crippen molar-refractivity contribution in [2.45, 2.75) is 18.6 Å². The number of nitro benzene ring substituents is 1. The second-order valence-electron chi connectivity index (χ2n) is 4.45. The third-order valence-electron chi connectivity index (χ3n) is 2.93. The fourth-order valence-electron chi connectivity index (χ4n) is 2.11. The Kier molecular flexibility index (Phi) is 4.62. The molecule has 9 heteroatoms. The number of carbonyl (C=O) groups excluding carboxylic acids is 2. The Labute approximate surface area is 132 Å². The number of hydrogen-bond donors (Lipinski definition) is 0. The second-order valence-corrected chi connectivity index (χ2v) is 6.78. The summed E-state index contributed by atoms with van der Waals surface area (Å²) in [5.41, 5.74) is -0.442. The third-order valence-corrected chi connectivity index (χ3v) is 4.52. The van der Waals surface area contributed by atoms with Crippen molar-refractivity contribution in [1.82, 2.24) is 0 Å². The molecule has 1 saturated heterocycles. The van der Waals surface area contributed by atoms with E-state index in [9.17, 15) is 24.1 Å². The largest absolute Gasteiger partial charge is 0.305 e. The smallest absolute Gasteiger partial charge is 0.294 e. The van der Waals surface area contributed by atoms with Gasteiger partial charge in [-0.05, 0) is 15.9 Å². The van der Waals surface area contributed by atoms with Crippen LogP contribution < -0.4 is 4.90 Å². The number of rotatable bonds is 3. The summed E-state index contributed by atoms with van der Waals surface area (Å²) >= 11 is 3.90. The predicted molar refractivity (Wildman–Crippen MR) is 79.8 cm³/mol. The van der Waals surface area contributed by atoms with E-state index in [4.69, 9.17) is 0 Å². The van der Waals surface area contributed by atoms with Crippen molar-refractivity contribution in [3.05, 3.63) is 32.5 Å². The van der Waals surface area contributed by atoms with E-state index in [1.807, 2.05) is 0 Å². The van der Waals surface area contributed by atoms with Crippen LogP contribution in [0.3, 0.4) is 0 Å². The Hall–Kier alpha value is -1.48. The maximum Gasteiger partial charge on any atom is 0.294 e. The molecule has 1 fully saturated rings. The minimum absolute atomic E-state index is 0.0424. The maximum atomic E-state index is 13.6. The molecule has 1 aromatic rings. The van der Waals surface area contributed by atoms with E-state index in [2.05, 4.69) is 15.9 Å². The highest BCUT2D eigenvalue weighted by Crippen LogP contribution is 2.37. The van der Waals surface area contributed by atoms with Crippen LogP contribution in [0.5, 0.6) is 0 Å². The number of thioether (sulfide) groups is 1. The normalized spacial score (nSPS) is 18.1. The Bertz CT molecular complexity index is 640. The van der Waals surface area contributed by atoms with Crippen molar-refractivity contribution in [2.75, 3.05) is 11.4 Å². The van der Waals surface area contributed by atoms with E-state index < -0.39 is 10.7 Å². The molecular weight excluding hydrogens is 367 g/mol. The van der Waals surface area contributed by atoms with Gasteiger partial charge in [0.25, 0.3) is 5.69 Å². The summed E-state index contributed by atoms with van der Waals surface area (Å²) in [7, 11) is 0. The van der Waals surface area contributed by atoms with Gasteiger partial charge in [-0.3, -0.25) is 19.7 Å². The van der Waals surface area contributed by atoms with Crippen molar-refractivity contribution >= 4 is 50.1 Å². The molecule has 2 rings (SSSR count). The number of hydrogen-bond acceptors (Lipinski definition) is 5. The summed E-state index contributed by atoms with van der Waals surface area (Å²) in [6.45, 7) is 1.53. The van der Waals surface area contributed by atoms with Gasteiger partial charge in [-0.15, -0.1) is 0 Å². The zero-order valence-corrected chi connectivity index (χ0v) is 13.2. The van der Waals surface area contributed by atoms with Crippen LogP contribution in [0.25, 0.3) is 0 Å². The van der Waals surface area contributed by atoms with Gasteiger partial charge >= 0.3 is 0 Å². The highest BCUT2D eigenvalue weighted by atomic mass is 79.9. The second kappa shape index (κ2) is 6.10. The first-order valence-corrected chi connectivity index (χ1v) is 7.58. The molecule has 0 bridgehead atoms. The van der Waals surface area contributed by atoms with Gasteiger partial charge in [0, 0.05) is 37.3 Å². The van der Waals surface area contributed by atoms with Gasteiger partial charge in [0.1, 0.15) is 11.5 Å². The molecule has 21 heavy (non-hydrogen) atoms. The lowest BCUT2D eigenvalue weighted by molar-refractivity contribution is -0.384. The molecule has 0 aliphatic carbocycles. The number of nitrogens with zero attached hydrogens (tertiary/aromatic N) is 2.